The van der Waals surface area contributed by atoms with Gasteiger partial charge in [-0.2, -0.15) is 4.52 Å². The minimum Gasteiger partial charge on any atom is -0.374 e. The van der Waals surface area contributed by atoms with Crippen LogP contribution < -0.4 is 4.90 Å². The topological polar surface area (TPSA) is 55.5 Å². The quantitative estimate of drug-likeness (QED) is 0.865. The van der Waals surface area contributed by atoms with Gasteiger partial charge in [-0.1, -0.05) is 0 Å². The highest BCUT2D eigenvalue weighted by Crippen LogP contribution is 2.26. The standard InChI is InChI=1S/C15H21F2N5O/c1-15(2,3)23-9-10-5-4-8-21(10)12-7-6-11-18-19-14(13(16)17)22(11)20-12/h6-7,10,13H,4-5,8-9H2,1-3H3/t10-/m0/s1. The normalized spacial score (nSPS) is 19.2. The predicted octanol–water partition coefficient (Wildman–Crippen LogP) is 2.85. The third kappa shape index (κ3) is 3.41. The van der Waals surface area contributed by atoms with Crippen molar-refractivity contribution in [3.05, 3.63) is 18.0 Å². The van der Waals surface area contributed by atoms with E-state index in [0.29, 0.717) is 18.1 Å². The van der Waals surface area contributed by atoms with E-state index in [0.717, 1.165) is 23.9 Å². The summed E-state index contributed by atoms with van der Waals surface area (Å²) in [5, 5.41) is 11.5. The Morgan fingerprint density at radius 1 is 1.30 bits per heavy atom. The van der Waals surface area contributed by atoms with Gasteiger partial charge in [0, 0.05) is 6.54 Å². The van der Waals surface area contributed by atoms with E-state index in [2.05, 4.69) is 20.2 Å². The lowest BCUT2D eigenvalue weighted by molar-refractivity contribution is -0.00942. The van der Waals surface area contributed by atoms with E-state index in [1.165, 1.54) is 0 Å². The van der Waals surface area contributed by atoms with Crippen molar-refractivity contribution in [2.75, 3.05) is 18.1 Å². The average Bonchev–Trinajstić information content (AvgIpc) is 3.10. The van der Waals surface area contributed by atoms with Gasteiger partial charge in [-0.15, -0.1) is 15.3 Å². The van der Waals surface area contributed by atoms with Crippen LogP contribution >= 0.6 is 0 Å². The van der Waals surface area contributed by atoms with Crippen LogP contribution in [0.5, 0.6) is 0 Å². The molecule has 0 saturated carbocycles. The molecule has 126 valence electrons. The molecule has 0 radical (unpaired) electrons. The summed E-state index contributed by atoms with van der Waals surface area (Å²) in [6, 6.07) is 3.67. The number of fused-ring (bicyclic) bond motifs is 1. The van der Waals surface area contributed by atoms with Gasteiger partial charge >= 0.3 is 0 Å². The molecule has 1 aliphatic heterocycles. The Labute approximate surface area is 133 Å². The average molecular weight is 325 g/mol. The minimum absolute atomic E-state index is 0.200. The van der Waals surface area contributed by atoms with E-state index in [1.54, 1.807) is 12.1 Å². The number of alkyl halides is 2. The Bertz CT molecular complexity index is 682. The summed E-state index contributed by atoms with van der Waals surface area (Å²) in [6.07, 6.45) is -0.673. The van der Waals surface area contributed by atoms with Crippen molar-refractivity contribution in [2.45, 2.75) is 51.7 Å². The van der Waals surface area contributed by atoms with Crippen molar-refractivity contribution in [2.24, 2.45) is 0 Å². The second-order valence-corrected chi connectivity index (χ2v) is 6.73. The Kier molecular flexibility index (Phi) is 4.18. The van der Waals surface area contributed by atoms with Gasteiger partial charge in [-0.3, -0.25) is 0 Å². The third-order valence-electron chi connectivity index (χ3n) is 3.85. The fourth-order valence-corrected chi connectivity index (χ4v) is 2.74. The second-order valence-electron chi connectivity index (χ2n) is 6.73. The van der Waals surface area contributed by atoms with Crippen LogP contribution in [-0.2, 0) is 4.74 Å². The molecule has 23 heavy (non-hydrogen) atoms. The van der Waals surface area contributed by atoms with Gasteiger partial charge in [-0.05, 0) is 45.7 Å². The lowest BCUT2D eigenvalue weighted by Gasteiger charge is -2.29. The molecule has 6 nitrogen and oxygen atoms in total. The van der Waals surface area contributed by atoms with Crippen molar-refractivity contribution in [1.82, 2.24) is 19.8 Å². The molecule has 0 amide bonds. The van der Waals surface area contributed by atoms with Crippen LogP contribution in [-0.4, -0.2) is 44.6 Å². The number of hydrogen-bond acceptors (Lipinski definition) is 5. The van der Waals surface area contributed by atoms with Gasteiger partial charge in [0.1, 0.15) is 5.82 Å². The molecule has 8 heteroatoms. The largest absolute Gasteiger partial charge is 0.374 e. The Hall–Kier alpha value is -1.83. The minimum atomic E-state index is -2.70. The SMILES string of the molecule is CC(C)(C)OC[C@@H]1CCCN1c1ccc2nnc(C(F)F)n2n1. The van der Waals surface area contributed by atoms with Crippen LogP contribution in [0.4, 0.5) is 14.6 Å². The zero-order valence-electron chi connectivity index (χ0n) is 13.5. The molecular formula is C15H21F2N5O. The number of nitrogens with zero attached hydrogens (tertiary/aromatic N) is 5. The molecule has 1 atom stereocenters. The van der Waals surface area contributed by atoms with Crippen molar-refractivity contribution in [3.63, 3.8) is 0 Å². The summed E-state index contributed by atoms with van der Waals surface area (Å²) in [5.41, 5.74) is 0.119. The Balaban J connectivity index is 1.85. The van der Waals surface area contributed by atoms with Crippen LogP contribution in [0.15, 0.2) is 12.1 Å². The van der Waals surface area contributed by atoms with Crippen LogP contribution in [0.3, 0.4) is 0 Å². The van der Waals surface area contributed by atoms with Crippen molar-refractivity contribution in [1.29, 1.82) is 0 Å². The molecule has 3 rings (SSSR count). The third-order valence-corrected chi connectivity index (χ3v) is 3.85. The summed E-state index contributed by atoms with van der Waals surface area (Å²) in [7, 11) is 0. The first-order valence-electron chi connectivity index (χ1n) is 7.76. The number of ether oxygens (including phenoxy) is 1. The lowest BCUT2D eigenvalue weighted by Crippen LogP contribution is -2.36. The van der Waals surface area contributed by atoms with Gasteiger partial charge in [-0.25, -0.2) is 8.78 Å². The smallest absolute Gasteiger partial charge is 0.299 e. The number of rotatable bonds is 4. The maximum absolute atomic E-state index is 13.0. The first-order chi connectivity index (χ1) is 10.8. The zero-order chi connectivity index (χ0) is 16.6. The van der Waals surface area contributed by atoms with Gasteiger partial charge in [0.2, 0.25) is 5.82 Å². The molecule has 0 spiro atoms. The summed E-state index contributed by atoms with van der Waals surface area (Å²) < 4.78 is 32.9. The van der Waals surface area contributed by atoms with Crippen LogP contribution in [0.2, 0.25) is 0 Å². The number of halogens is 2. The highest BCUT2D eigenvalue weighted by atomic mass is 19.3. The molecule has 1 saturated heterocycles. The molecule has 0 aliphatic carbocycles. The monoisotopic (exact) mass is 325 g/mol. The van der Waals surface area contributed by atoms with Crippen molar-refractivity contribution in [3.8, 4) is 0 Å². The Morgan fingerprint density at radius 3 is 2.78 bits per heavy atom. The predicted molar refractivity (Wildman–Crippen MR) is 81.8 cm³/mol. The van der Waals surface area contributed by atoms with Crippen LogP contribution in [0.1, 0.15) is 45.9 Å². The van der Waals surface area contributed by atoms with Crippen molar-refractivity contribution < 1.29 is 13.5 Å². The lowest BCUT2D eigenvalue weighted by atomic mass is 10.2. The summed E-state index contributed by atoms with van der Waals surface area (Å²) >= 11 is 0. The summed E-state index contributed by atoms with van der Waals surface area (Å²) in [5.74, 6) is 0.225. The second kappa shape index (κ2) is 5.99. The Morgan fingerprint density at radius 2 is 2.09 bits per heavy atom. The van der Waals surface area contributed by atoms with E-state index in [1.807, 2.05) is 20.8 Å². The molecule has 1 aliphatic rings. The number of aromatic nitrogens is 4. The molecule has 2 aromatic rings. The van der Waals surface area contributed by atoms with Gasteiger partial charge in [0.05, 0.1) is 18.2 Å². The number of hydrogen-bond donors (Lipinski definition) is 0. The summed E-state index contributed by atoms with van der Waals surface area (Å²) in [6.45, 7) is 7.48. The fourth-order valence-electron chi connectivity index (χ4n) is 2.74. The molecule has 0 N–H and O–H groups in total. The van der Waals surface area contributed by atoms with E-state index >= 15 is 0 Å². The molecule has 0 unspecified atom stereocenters. The van der Waals surface area contributed by atoms with Gasteiger partial charge in [0.25, 0.3) is 6.43 Å². The highest BCUT2D eigenvalue weighted by molar-refractivity contribution is 5.47. The van der Waals surface area contributed by atoms with E-state index in [-0.39, 0.29) is 11.6 Å². The number of anilines is 1. The zero-order valence-corrected chi connectivity index (χ0v) is 13.5. The first-order valence-corrected chi connectivity index (χ1v) is 7.76. The molecule has 1 fully saturated rings. The molecule has 0 bridgehead atoms. The first kappa shape index (κ1) is 16.0. The van der Waals surface area contributed by atoms with Crippen molar-refractivity contribution >= 4 is 11.5 Å². The molecular weight excluding hydrogens is 304 g/mol. The molecule has 3 heterocycles. The maximum atomic E-state index is 13.0. The van der Waals surface area contributed by atoms with Gasteiger partial charge < -0.3 is 9.64 Å². The fraction of sp³-hybridized carbons (Fsp3) is 0.667. The highest BCUT2D eigenvalue weighted by Gasteiger charge is 2.28. The van der Waals surface area contributed by atoms with E-state index in [4.69, 9.17) is 4.74 Å². The van der Waals surface area contributed by atoms with Gasteiger partial charge in [0.15, 0.2) is 5.65 Å². The molecule has 0 aromatic carbocycles. The van der Waals surface area contributed by atoms with E-state index < -0.39 is 12.2 Å². The van der Waals surface area contributed by atoms with E-state index in [9.17, 15) is 8.78 Å². The summed E-state index contributed by atoms with van der Waals surface area (Å²) in [4.78, 5) is 2.11. The van der Waals surface area contributed by atoms with Crippen LogP contribution in [0.25, 0.3) is 5.65 Å². The van der Waals surface area contributed by atoms with Crippen LogP contribution in [0, 0.1) is 0 Å². The maximum Gasteiger partial charge on any atom is 0.299 e. The molecule has 2 aromatic heterocycles.